The van der Waals surface area contributed by atoms with Crippen molar-refractivity contribution in [2.75, 3.05) is 5.73 Å². The fourth-order valence-electron chi connectivity index (χ4n) is 1.80. The van der Waals surface area contributed by atoms with Gasteiger partial charge in [-0.25, -0.2) is 4.98 Å². The number of aromatic amines is 1. The van der Waals surface area contributed by atoms with Crippen molar-refractivity contribution >= 4 is 59.9 Å². The number of halogens is 2. The Morgan fingerprint density at radius 1 is 1.28 bits per heavy atom. The van der Waals surface area contributed by atoms with Gasteiger partial charge in [0.15, 0.2) is 0 Å². The van der Waals surface area contributed by atoms with Crippen molar-refractivity contribution < 1.29 is 0 Å². The Balaban J connectivity index is 2.22. The molecule has 0 atom stereocenters. The average Bonchev–Trinajstić information content (AvgIpc) is 2.84. The van der Waals surface area contributed by atoms with Crippen LogP contribution in [0.5, 0.6) is 0 Å². The van der Waals surface area contributed by atoms with Crippen LogP contribution in [0.4, 0.5) is 5.69 Å². The first-order valence-electron chi connectivity index (χ1n) is 5.25. The number of thiophene rings is 1. The normalized spacial score (nSPS) is 11.3. The summed E-state index contributed by atoms with van der Waals surface area (Å²) < 4.78 is 2.08. The highest BCUT2D eigenvalue weighted by molar-refractivity contribution is 9.11. The number of hydrogen-bond donors (Lipinski definition) is 2. The highest BCUT2D eigenvalue weighted by Gasteiger charge is 2.11. The third kappa shape index (κ3) is 1.98. The third-order valence-corrected chi connectivity index (χ3v) is 5.27. The first-order chi connectivity index (χ1) is 8.54. The zero-order valence-electron chi connectivity index (χ0n) is 9.42. The summed E-state index contributed by atoms with van der Waals surface area (Å²) in [6, 6.07) is 5.96. The van der Waals surface area contributed by atoms with Crippen LogP contribution in [0.25, 0.3) is 21.7 Å². The first kappa shape index (κ1) is 12.2. The van der Waals surface area contributed by atoms with Crippen molar-refractivity contribution in [1.29, 1.82) is 0 Å². The van der Waals surface area contributed by atoms with Crippen LogP contribution in [0.3, 0.4) is 0 Å². The number of nitrogens with one attached hydrogen (secondary N) is 1. The summed E-state index contributed by atoms with van der Waals surface area (Å²) >= 11 is 8.62. The Hall–Kier alpha value is -0.850. The summed E-state index contributed by atoms with van der Waals surface area (Å²) in [4.78, 5) is 8.97. The van der Waals surface area contributed by atoms with Crippen LogP contribution in [0.2, 0.25) is 0 Å². The van der Waals surface area contributed by atoms with Crippen LogP contribution in [-0.2, 0) is 0 Å². The van der Waals surface area contributed by atoms with Gasteiger partial charge in [0.05, 0.1) is 19.9 Å². The largest absolute Gasteiger partial charge is 0.397 e. The van der Waals surface area contributed by atoms with E-state index in [1.165, 1.54) is 5.56 Å². The molecule has 0 amide bonds. The van der Waals surface area contributed by atoms with Crippen LogP contribution in [0.15, 0.2) is 26.5 Å². The number of aromatic nitrogens is 2. The molecule has 0 aliphatic heterocycles. The highest BCUT2D eigenvalue weighted by atomic mass is 79.9. The Kier molecular flexibility index (Phi) is 2.96. The summed E-state index contributed by atoms with van der Waals surface area (Å²) in [5.74, 6) is 0.855. The second-order valence-electron chi connectivity index (χ2n) is 4.04. The molecule has 0 radical (unpaired) electrons. The van der Waals surface area contributed by atoms with Gasteiger partial charge in [0.25, 0.3) is 0 Å². The lowest BCUT2D eigenvalue weighted by molar-refractivity contribution is 1.35. The Bertz CT molecular complexity index is 726. The smallest absolute Gasteiger partial charge is 0.148 e. The van der Waals surface area contributed by atoms with E-state index in [9.17, 15) is 0 Å². The second kappa shape index (κ2) is 4.36. The molecule has 0 bridgehead atoms. The molecular formula is C12H9Br2N3S. The minimum atomic E-state index is 0.675. The molecular weight excluding hydrogens is 378 g/mol. The van der Waals surface area contributed by atoms with E-state index in [0.29, 0.717) is 5.69 Å². The van der Waals surface area contributed by atoms with E-state index in [-0.39, 0.29) is 0 Å². The van der Waals surface area contributed by atoms with Crippen LogP contribution in [-0.4, -0.2) is 9.97 Å². The van der Waals surface area contributed by atoms with E-state index in [1.54, 1.807) is 11.3 Å². The Labute approximate surface area is 125 Å². The van der Waals surface area contributed by atoms with E-state index >= 15 is 0 Å². The van der Waals surface area contributed by atoms with Crippen molar-refractivity contribution in [3.8, 4) is 10.7 Å². The predicted molar refractivity (Wildman–Crippen MR) is 84.0 cm³/mol. The van der Waals surface area contributed by atoms with Crippen molar-refractivity contribution in [1.82, 2.24) is 9.97 Å². The zero-order valence-corrected chi connectivity index (χ0v) is 13.4. The van der Waals surface area contributed by atoms with Gasteiger partial charge in [-0.3, -0.25) is 0 Å². The molecule has 0 aliphatic carbocycles. The molecule has 2 aromatic heterocycles. The van der Waals surface area contributed by atoms with E-state index in [4.69, 9.17) is 5.73 Å². The van der Waals surface area contributed by atoms with Gasteiger partial charge in [0, 0.05) is 4.47 Å². The van der Waals surface area contributed by atoms with Crippen LogP contribution in [0.1, 0.15) is 5.56 Å². The SMILES string of the molecule is Cc1cc(-c2nc3c(N)cc(Br)cc3[nH]2)sc1Br. The molecule has 0 saturated carbocycles. The van der Waals surface area contributed by atoms with Gasteiger partial charge >= 0.3 is 0 Å². The predicted octanol–water partition coefficient (Wildman–Crippen LogP) is 4.71. The van der Waals surface area contributed by atoms with Crippen LogP contribution in [0, 0.1) is 6.92 Å². The number of fused-ring (bicyclic) bond motifs is 1. The maximum Gasteiger partial charge on any atom is 0.148 e. The molecule has 3 nitrogen and oxygen atoms in total. The van der Waals surface area contributed by atoms with E-state index in [0.717, 1.165) is 30.0 Å². The minimum Gasteiger partial charge on any atom is -0.397 e. The summed E-state index contributed by atoms with van der Waals surface area (Å²) in [6.45, 7) is 2.07. The monoisotopic (exact) mass is 385 g/mol. The lowest BCUT2D eigenvalue weighted by Crippen LogP contribution is -1.86. The topological polar surface area (TPSA) is 54.7 Å². The van der Waals surface area contributed by atoms with Gasteiger partial charge in [0.1, 0.15) is 11.3 Å². The molecule has 18 heavy (non-hydrogen) atoms. The lowest BCUT2D eigenvalue weighted by atomic mass is 10.3. The fraction of sp³-hybridized carbons (Fsp3) is 0.0833. The summed E-state index contributed by atoms with van der Waals surface area (Å²) in [6.07, 6.45) is 0. The van der Waals surface area contributed by atoms with Crippen molar-refractivity contribution in [3.63, 3.8) is 0 Å². The number of nitrogens with two attached hydrogens (primary N) is 1. The maximum absolute atomic E-state index is 5.97. The molecule has 6 heteroatoms. The van der Waals surface area contributed by atoms with Gasteiger partial charge in [-0.05, 0) is 46.6 Å². The molecule has 0 saturated heterocycles. The number of nitrogen functional groups attached to an aromatic ring is 1. The van der Waals surface area contributed by atoms with E-state index in [1.807, 2.05) is 12.1 Å². The van der Waals surface area contributed by atoms with E-state index in [2.05, 4.69) is 54.8 Å². The number of nitrogens with zero attached hydrogens (tertiary/aromatic N) is 1. The van der Waals surface area contributed by atoms with Crippen molar-refractivity contribution in [2.45, 2.75) is 6.92 Å². The molecule has 3 rings (SSSR count). The molecule has 2 heterocycles. The Morgan fingerprint density at radius 3 is 2.72 bits per heavy atom. The molecule has 1 aromatic carbocycles. The van der Waals surface area contributed by atoms with Crippen molar-refractivity contribution in [3.05, 3.63) is 32.0 Å². The highest BCUT2D eigenvalue weighted by Crippen LogP contribution is 2.35. The number of rotatable bonds is 1. The molecule has 0 aliphatic rings. The summed E-state index contributed by atoms with van der Waals surface area (Å²) in [5, 5.41) is 0. The quantitative estimate of drug-likeness (QED) is 0.595. The third-order valence-electron chi connectivity index (χ3n) is 2.67. The lowest BCUT2D eigenvalue weighted by Gasteiger charge is -1.94. The zero-order chi connectivity index (χ0) is 12.9. The number of H-pyrrole nitrogens is 1. The molecule has 3 N–H and O–H groups in total. The molecule has 92 valence electrons. The molecule has 0 unspecified atom stereocenters. The van der Waals surface area contributed by atoms with Crippen LogP contribution < -0.4 is 5.73 Å². The van der Waals surface area contributed by atoms with Gasteiger partial charge in [-0.1, -0.05) is 15.9 Å². The number of hydrogen-bond acceptors (Lipinski definition) is 3. The number of benzene rings is 1. The number of imidazole rings is 1. The Morgan fingerprint density at radius 2 is 2.06 bits per heavy atom. The number of anilines is 1. The molecule has 3 aromatic rings. The molecule has 0 spiro atoms. The van der Waals surface area contributed by atoms with Crippen LogP contribution >= 0.6 is 43.2 Å². The number of aryl methyl sites for hydroxylation is 1. The maximum atomic E-state index is 5.97. The standard InChI is InChI=1S/C12H9Br2N3S/c1-5-2-9(18-11(5)14)12-16-8-4-6(13)3-7(15)10(8)17-12/h2-4H,15H2,1H3,(H,16,17). The van der Waals surface area contributed by atoms with Gasteiger partial charge in [0.2, 0.25) is 0 Å². The summed E-state index contributed by atoms with van der Waals surface area (Å²) in [7, 11) is 0. The second-order valence-corrected chi connectivity index (χ2v) is 7.33. The average molecular weight is 387 g/mol. The van der Waals surface area contributed by atoms with Gasteiger partial charge in [-0.2, -0.15) is 0 Å². The minimum absolute atomic E-state index is 0.675. The summed E-state index contributed by atoms with van der Waals surface area (Å²) in [5.41, 5.74) is 9.61. The van der Waals surface area contributed by atoms with Gasteiger partial charge < -0.3 is 10.7 Å². The van der Waals surface area contributed by atoms with Gasteiger partial charge in [-0.15, -0.1) is 11.3 Å². The molecule has 0 fully saturated rings. The van der Waals surface area contributed by atoms with Crippen molar-refractivity contribution in [2.24, 2.45) is 0 Å². The first-order valence-corrected chi connectivity index (χ1v) is 7.66. The van der Waals surface area contributed by atoms with E-state index < -0.39 is 0 Å². The fourth-order valence-corrected chi connectivity index (χ4v) is 3.76.